The second kappa shape index (κ2) is 19.3. The molecule has 5 aromatic heterocycles. The molecule has 14 aromatic carbocycles. The molecule has 0 saturated heterocycles. The SMILES string of the molecule is c1cc(-c2ccc3c(c2)c2ccccc2n3-c2cccc(-c3cccc4c3oc3c(-c5cccc(-n6c7ccccc7c7cc(-c8cccc(-n9c%10ccccc%10c%10ccccc%109)c8)ccc76)c5)cccc34)c2)cc(-n2c3ccccc3c3ccccc32)c1. The Labute approximate surface area is 511 Å². The zero-order valence-corrected chi connectivity index (χ0v) is 48.2. The van der Waals surface area contributed by atoms with Gasteiger partial charge in [-0.05, 0) is 143 Å². The summed E-state index contributed by atoms with van der Waals surface area (Å²) in [5, 5.41) is 12.1. The van der Waals surface area contributed by atoms with Crippen LogP contribution in [0.25, 0.3) is 176 Å². The van der Waals surface area contributed by atoms with Gasteiger partial charge >= 0.3 is 0 Å². The maximum absolute atomic E-state index is 7.21. The maximum Gasteiger partial charge on any atom is 0.143 e. The Balaban J connectivity index is 0.678. The normalized spacial score (nSPS) is 12.0. The topological polar surface area (TPSA) is 32.9 Å². The van der Waals surface area contributed by atoms with Gasteiger partial charge in [0, 0.05) is 87.7 Å². The lowest BCUT2D eigenvalue weighted by atomic mass is 9.99. The summed E-state index contributed by atoms with van der Waals surface area (Å²) >= 11 is 0. The Hall–Kier alpha value is -11.9. The average molecular weight is 1130 g/mol. The molecular weight excluding hydrogens is 1080 g/mol. The Bertz CT molecular complexity index is 5660. The summed E-state index contributed by atoms with van der Waals surface area (Å²) < 4.78 is 16.8. The van der Waals surface area contributed by atoms with Gasteiger partial charge in [-0.15, -0.1) is 0 Å². The van der Waals surface area contributed by atoms with Crippen LogP contribution in [0.5, 0.6) is 0 Å². The second-order valence-electron chi connectivity index (χ2n) is 23.6. The van der Waals surface area contributed by atoms with Crippen molar-refractivity contribution in [3.63, 3.8) is 0 Å². The zero-order chi connectivity index (χ0) is 58.3. The molecule has 5 heterocycles. The minimum absolute atomic E-state index is 0.872. The minimum atomic E-state index is 0.872. The molecule has 0 bridgehead atoms. The highest BCUT2D eigenvalue weighted by atomic mass is 16.3. The smallest absolute Gasteiger partial charge is 0.143 e. The number of rotatable bonds is 8. The summed E-state index contributed by atoms with van der Waals surface area (Å²) in [5.41, 5.74) is 24.6. The van der Waals surface area contributed by atoms with E-state index >= 15 is 0 Å². The minimum Gasteiger partial charge on any atom is -0.455 e. The van der Waals surface area contributed by atoms with E-state index in [1.165, 1.54) is 87.4 Å². The lowest BCUT2D eigenvalue weighted by Gasteiger charge is -2.12. The van der Waals surface area contributed by atoms with Gasteiger partial charge in [0.2, 0.25) is 0 Å². The van der Waals surface area contributed by atoms with Crippen LogP contribution in [0, 0.1) is 0 Å². The van der Waals surface area contributed by atoms with E-state index in [9.17, 15) is 0 Å². The number of fused-ring (bicyclic) bond motifs is 15. The van der Waals surface area contributed by atoms with E-state index < -0.39 is 0 Å². The third kappa shape index (κ3) is 7.49. The van der Waals surface area contributed by atoms with Crippen LogP contribution >= 0.6 is 0 Å². The third-order valence-corrected chi connectivity index (χ3v) is 18.7. The first kappa shape index (κ1) is 49.4. The van der Waals surface area contributed by atoms with Crippen LogP contribution in [-0.2, 0) is 0 Å². The van der Waals surface area contributed by atoms with E-state index in [-0.39, 0.29) is 0 Å². The van der Waals surface area contributed by atoms with Crippen LogP contribution < -0.4 is 0 Å². The highest BCUT2D eigenvalue weighted by Gasteiger charge is 2.21. The van der Waals surface area contributed by atoms with Crippen molar-refractivity contribution < 1.29 is 4.42 Å². The Kier molecular flexibility index (Phi) is 10.7. The van der Waals surface area contributed by atoms with Crippen molar-refractivity contribution in [2.24, 2.45) is 0 Å². The van der Waals surface area contributed by atoms with Gasteiger partial charge in [-0.1, -0.05) is 206 Å². The van der Waals surface area contributed by atoms with Crippen molar-refractivity contribution in [1.82, 2.24) is 18.3 Å². The molecule has 0 unspecified atom stereocenters. The van der Waals surface area contributed by atoms with Crippen LogP contribution in [0.4, 0.5) is 0 Å². The fourth-order valence-corrected chi connectivity index (χ4v) is 14.8. The Morgan fingerprint density at radius 2 is 0.416 bits per heavy atom. The first-order valence-corrected chi connectivity index (χ1v) is 30.6. The van der Waals surface area contributed by atoms with Gasteiger partial charge in [-0.25, -0.2) is 0 Å². The second-order valence-corrected chi connectivity index (χ2v) is 23.6. The van der Waals surface area contributed by atoms with Crippen molar-refractivity contribution in [3.8, 4) is 67.3 Å². The number of aromatic nitrogens is 4. The predicted molar refractivity (Wildman–Crippen MR) is 373 cm³/mol. The number of nitrogens with zero attached hydrogens (tertiary/aromatic N) is 4. The Morgan fingerprint density at radius 1 is 0.169 bits per heavy atom. The molecule has 0 spiro atoms. The lowest BCUT2D eigenvalue weighted by molar-refractivity contribution is 0.671. The number of benzene rings is 14. The number of hydrogen-bond acceptors (Lipinski definition) is 1. The lowest BCUT2D eigenvalue weighted by Crippen LogP contribution is -1.95. The van der Waals surface area contributed by atoms with Gasteiger partial charge in [0.25, 0.3) is 0 Å². The monoisotopic (exact) mass is 1130 g/mol. The summed E-state index contributed by atoms with van der Waals surface area (Å²) in [4.78, 5) is 0. The molecule has 19 aromatic rings. The molecule has 0 radical (unpaired) electrons. The quantitative estimate of drug-likeness (QED) is 0.149. The van der Waals surface area contributed by atoms with Crippen LogP contribution in [0.15, 0.2) is 320 Å². The maximum atomic E-state index is 7.21. The number of furan rings is 1. The predicted octanol–water partition coefficient (Wildman–Crippen LogP) is 22.6. The molecule has 0 atom stereocenters. The molecule has 0 fully saturated rings. The molecule has 0 aliphatic carbocycles. The van der Waals surface area contributed by atoms with E-state index in [1.807, 2.05) is 0 Å². The van der Waals surface area contributed by atoms with Crippen LogP contribution in [0.1, 0.15) is 0 Å². The largest absolute Gasteiger partial charge is 0.455 e. The molecule has 5 nitrogen and oxygen atoms in total. The standard InChI is InChI=1S/C84H52N4O/c1-7-37-75-65(27-1)66-28-2-8-38-76(66)85(75)59-23-13-19-53(47-59)55-43-45-81-73(51-55)69-31-5-11-41-79(69)87(81)61-25-15-21-57(49-61)63-33-17-35-71-72-36-18-34-64(84(72)89-83(63)71)58-22-16-26-62(50-58)88-80-42-12-6-32-70(80)74-52-56(44-46-82(74)88)54-20-14-24-60(48-54)86-77-39-9-3-29-67(77)68-30-4-10-40-78(68)86/h1-52H. The molecular formula is C84H52N4O. The summed E-state index contributed by atoms with van der Waals surface area (Å²) in [5.74, 6) is 0. The first-order valence-electron chi connectivity index (χ1n) is 30.6. The van der Waals surface area contributed by atoms with E-state index in [1.54, 1.807) is 0 Å². The van der Waals surface area contributed by atoms with Crippen LogP contribution in [0.3, 0.4) is 0 Å². The van der Waals surface area contributed by atoms with Gasteiger partial charge in [0.05, 0.1) is 44.1 Å². The molecule has 0 amide bonds. The molecule has 0 N–H and O–H groups in total. The third-order valence-electron chi connectivity index (χ3n) is 18.7. The van der Waals surface area contributed by atoms with Crippen molar-refractivity contribution in [1.29, 1.82) is 0 Å². The molecule has 89 heavy (non-hydrogen) atoms. The highest BCUT2D eigenvalue weighted by molar-refractivity contribution is 6.16. The number of hydrogen-bond donors (Lipinski definition) is 0. The van der Waals surface area contributed by atoms with Crippen molar-refractivity contribution in [2.75, 3.05) is 0 Å². The fourth-order valence-electron chi connectivity index (χ4n) is 14.8. The summed E-state index contributed by atoms with van der Waals surface area (Å²) in [6.07, 6.45) is 0. The van der Waals surface area contributed by atoms with Gasteiger partial charge < -0.3 is 22.7 Å². The van der Waals surface area contributed by atoms with Gasteiger partial charge in [-0.3, -0.25) is 0 Å². The average Bonchev–Trinajstić information content (AvgIpc) is 3.37. The van der Waals surface area contributed by atoms with Crippen LogP contribution in [0.2, 0.25) is 0 Å². The fraction of sp³-hybridized carbons (Fsp3) is 0. The van der Waals surface area contributed by atoms with E-state index in [0.717, 1.165) is 89.0 Å². The van der Waals surface area contributed by atoms with Crippen molar-refractivity contribution in [3.05, 3.63) is 315 Å². The number of para-hydroxylation sites is 8. The molecule has 0 aliphatic heterocycles. The summed E-state index contributed by atoms with van der Waals surface area (Å²) in [6, 6.07) is 115. The van der Waals surface area contributed by atoms with Gasteiger partial charge in [0.15, 0.2) is 0 Å². The molecule has 19 rings (SSSR count). The van der Waals surface area contributed by atoms with E-state index in [4.69, 9.17) is 4.42 Å². The molecule has 414 valence electrons. The van der Waals surface area contributed by atoms with Gasteiger partial charge in [0.1, 0.15) is 11.2 Å². The molecule has 5 heteroatoms. The highest BCUT2D eigenvalue weighted by Crippen LogP contribution is 2.44. The zero-order valence-electron chi connectivity index (χ0n) is 48.2. The van der Waals surface area contributed by atoms with Crippen LogP contribution in [-0.4, -0.2) is 18.3 Å². The van der Waals surface area contributed by atoms with E-state index in [2.05, 4.69) is 334 Å². The van der Waals surface area contributed by atoms with Gasteiger partial charge in [-0.2, -0.15) is 0 Å². The van der Waals surface area contributed by atoms with E-state index in [0.29, 0.717) is 0 Å². The first-order chi connectivity index (χ1) is 44.1. The molecule has 0 saturated carbocycles. The van der Waals surface area contributed by atoms with Crippen molar-refractivity contribution in [2.45, 2.75) is 0 Å². The van der Waals surface area contributed by atoms with Crippen molar-refractivity contribution >= 4 is 109 Å². The Morgan fingerprint density at radius 3 is 0.753 bits per heavy atom. The summed E-state index contributed by atoms with van der Waals surface area (Å²) in [6.45, 7) is 0. The molecule has 0 aliphatic rings. The summed E-state index contributed by atoms with van der Waals surface area (Å²) in [7, 11) is 0.